The second kappa shape index (κ2) is 6.60. The van der Waals surface area contributed by atoms with Crippen LogP contribution < -0.4 is 5.32 Å². The standard InChI is InChI=1S/C15H17BrN2O2S/c1-18(2)21(19,20)15-10-6-5-9-14(15)17-11-12-7-3-4-8-13(12)16/h3-10,17H,11H2,1-2H3. The highest BCUT2D eigenvalue weighted by Crippen LogP contribution is 2.24. The third-order valence-electron chi connectivity index (χ3n) is 3.07. The fourth-order valence-corrected chi connectivity index (χ4v) is 3.35. The molecule has 2 aromatic rings. The molecule has 0 amide bonds. The number of sulfonamides is 1. The number of hydrogen-bond donors (Lipinski definition) is 1. The summed E-state index contributed by atoms with van der Waals surface area (Å²) in [5.41, 5.74) is 1.66. The normalized spacial score (nSPS) is 11.6. The van der Waals surface area contributed by atoms with Crippen molar-refractivity contribution in [3.63, 3.8) is 0 Å². The number of anilines is 1. The minimum absolute atomic E-state index is 0.280. The van der Waals surface area contributed by atoms with Gasteiger partial charge >= 0.3 is 0 Å². The molecular formula is C15H17BrN2O2S. The van der Waals surface area contributed by atoms with E-state index in [1.54, 1.807) is 18.2 Å². The van der Waals surface area contributed by atoms with Crippen LogP contribution in [-0.2, 0) is 16.6 Å². The lowest BCUT2D eigenvalue weighted by Gasteiger charge is -2.16. The molecule has 0 heterocycles. The third kappa shape index (κ3) is 3.64. The van der Waals surface area contributed by atoms with Crippen molar-refractivity contribution in [1.82, 2.24) is 4.31 Å². The van der Waals surface area contributed by atoms with Gasteiger partial charge in [-0.25, -0.2) is 12.7 Å². The molecule has 112 valence electrons. The van der Waals surface area contributed by atoms with Crippen molar-refractivity contribution in [1.29, 1.82) is 0 Å². The Kier molecular flexibility index (Phi) is 5.03. The van der Waals surface area contributed by atoms with E-state index in [-0.39, 0.29) is 4.90 Å². The summed E-state index contributed by atoms with van der Waals surface area (Å²) < 4.78 is 26.8. The number of rotatable bonds is 5. The van der Waals surface area contributed by atoms with Crippen molar-refractivity contribution in [3.05, 3.63) is 58.6 Å². The SMILES string of the molecule is CN(C)S(=O)(=O)c1ccccc1NCc1ccccc1Br. The van der Waals surface area contributed by atoms with Crippen molar-refractivity contribution in [2.75, 3.05) is 19.4 Å². The van der Waals surface area contributed by atoms with Crippen LogP contribution in [0.3, 0.4) is 0 Å². The van der Waals surface area contributed by atoms with Crippen LogP contribution in [-0.4, -0.2) is 26.8 Å². The number of benzene rings is 2. The predicted molar refractivity (Wildman–Crippen MR) is 88.8 cm³/mol. The van der Waals surface area contributed by atoms with Gasteiger partial charge in [0.05, 0.1) is 5.69 Å². The molecule has 21 heavy (non-hydrogen) atoms. The third-order valence-corrected chi connectivity index (χ3v) is 5.72. The summed E-state index contributed by atoms with van der Waals surface area (Å²) in [7, 11) is -0.408. The molecule has 0 saturated carbocycles. The van der Waals surface area contributed by atoms with E-state index in [4.69, 9.17) is 0 Å². The van der Waals surface area contributed by atoms with Crippen LogP contribution >= 0.6 is 15.9 Å². The average molecular weight is 369 g/mol. The second-order valence-electron chi connectivity index (χ2n) is 4.73. The van der Waals surface area contributed by atoms with Gasteiger partial charge in [-0.2, -0.15) is 0 Å². The average Bonchev–Trinajstić information content (AvgIpc) is 2.46. The van der Waals surface area contributed by atoms with Crippen molar-refractivity contribution in [2.45, 2.75) is 11.4 Å². The van der Waals surface area contributed by atoms with E-state index < -0.39 is 10.0 Å². The first-order chi connectivity index (χ1) is 9.93. The van der Waals surface area contributed by atoms with Gasteiger partial charge in [-0.05, 0) is 23.8 Å². The Balaban J connectivity index is 2.28. The Bertz CT molecular complexity index is 730. The summed E-state index contributed by atoms with van der Waals surface area (Å²) in [6, 6.07) is 14.8. The summed E-state index contributed by atoms with van der Waals surface area (Å²) in [5.74, 6) is 0. The number of halogens is 1. The molecule has 0 fully saturated rings. The molecule has 4 nitrogen and oxygen atoms in total. The molecule has 0 aliphatic rings. The molecular weight excluding hydrogens is 352 g/mol. The van der Waals surface area contributed by atoms with Crippen molar-refractivity contribution in [3.8, 4) is 0 Å². The fraction of sp³-hybridized carbons (Fsp3) is 0.200. The van der Waals surface area contributed by atoms with Gasteiger partial charge in [0.15, 0.2) is 0 Å². The van der Waals surface area contributed by atoms with Crippen LogP contribution in [0.4, 0.5) is 5.69 Å². The van der Waals surface area contributed by atoms with Crippen LogP contribution in [0.5, 0.6) is 0 Å². The molecule has 2 aromatic carbocycles. The molecule has 0 aliphatic carbocycles. The minimum Gasteiger partial charge on any atom is -0.380 e. The lowest BCUT2D eigenvalue weighted by molar-refractivity contribution is 0.521. The largest absolute Gasteiger partial charge is 0.380 e. The van der Waals surface area contributed by atoms with Crippen LogP contribution in [0, 0.1) is 0 Å². The van der Waals surface area contributed by atoms with Gasteiger partial charge in [0.25, 0.3) is 0 Å². The highest BCUT2D eigenvalue weighted by atomic mass is 79.9. The maximum atomic E-state index is 12.3. The van der Waals surface area contributed by atoms with Gasteiger partial charge in [0, 0.05) is 25.1 Å². The Morgan fingerprint density at radius 2 is 1.67 bits per heavy atom. The van der Waals surface area contributed by atoms with Crippen LogP contribution in [0.15, 0.2) is 57.9 Å². The Morgan fingerprint density at radius 1 is 1.05 bits per heavy atom. The summed E-state index contributed by atoms with van der Waals surface area (Å²) in [6.07, 6.45) is 0. The van der Waals surface area contributed by atoms with Gasteiger partial charge < -0.3 is 5.32 Å². The molecule has 0 radical (unpaired) electrons. The smallest absolute Gasteiger partial charge is 0.244 e. The lowest BCUT2D eigenvalue weighted by Crippen LogP contribution is -2.23. The number of nitrogens with zero attached hydrogens (tertiary/aromatic N) is 1. The molecule has 0 aromatic heterocycles. The Hall–Kier alpha value is -1.37. The van der Waals surface area contributed by atoms with E-state index in [1.807, 2.05) is 30.3 Å². The lowest BCUT2D eigenvalue weighted by atomic mass is 10.2. The molecule has 6 heteroatoms. The van der Waals surface area contributed by atoms with E-state index in [1.165, 1.54) is 18.4 Å². The highest BCUT2D eigenvalue weighted by molar-refractivity contribution is 9.10. The van der Waals surface area contributed by atoms with E-state index in [2.05, 4.69) is 21.2 Å². The molecule has 1 N–H and O–H groups in total. The molecule has 0 atom stereocenters. The first-order valence-corrected chi connectivity index (χ1v) is 8.65. The molecule has 0 aliphatic heterocycles. The molecule has 0 spiro atoms. The number of hydrogen-bond acceptors (Lipinski definition) is 3. The summed E-state index contributed by atoms with van der Waals surface area (Å²) in [4.78, 5) is 0.280. The Labute approximate surface area is 134 Å². The van der Waals surface area contributed by atoms with E-state index in [0.29, 0.717) is 12.2 Å². The van der Waals surface area contributed by atoms with Crippen molar-refractivity contribution < 1.29 is 8.42 Å². The van der Waals surface area contributed by atoms with E-state index in [0.717, 1.165) is 10.0 Å². The number of nitrogens with one attached hydrogen (secondary N) is 1. The Morgan fingerprint density at radius 3 is 2.33 bits per heavy atom. The molecule has 0 saturated heterocycles. The van der Waals surface area contributed by atoms with Crippen LogP contribution in [0.1, 0.15) is 5.56 Å². The highest BCUT2D eigenvalue weighted by Gasteiger charge is 2.20. The quantitative estimate of drug-likeness (QED) is 0.880. The summed E-state index contributed by atoms with van der Waals surface area (Å²) in [6.45, 7) is 0.543. The van der Waals surface area contributed by atoms with Gasteiger partial charge in [-0.15, -0.1) is 0 Å². The van der Waals surface area contributed by atoms with Crippen LogP contribution in [0.2, 0.25) is 0 Å². The van der Waals surface area contributed by atoms with Crippen molar-refractivity contribution >= 4 is 31.6 Å². The second-order valence-corrected chi connectivity index (χ2v) is 7.70. The summed E-state index contributed by atoms with van der Waals surface area (Å²) >= 11 is 3.48. The minimum atomic E-state index is -3.46. The van der Waals surface area contributed by atoms with Crippen molar-refractivity contribution in [2.24, 2.45) is 0 Å². The van der Waals surface area contributed by atoms with Gasteiger partial charge in [0.2, 0.25) is 10.0 Å². The predicted octanol–water partition coefficient (Wildman–Crippen LogP) is 3.31. The maximum Gasteiger partial charge on any atom is 0.244 e. The number of para-hydroxylation sites is 1. The monoisotopic (exact) mass is 368 g/mol. The maximum absolute atomic E-state index is 12.3. The zero-order chi connectivity index (χ0) is 15.5. The van der Waals surface area contributed by atoms with Gasteiger partial charge in [-0.1, -0.05) is 46.3 Å². The molecule has 0 bridgehead atoms. The first-order valence-electron chi connectivity index (χ1n) is 6.42. The molecule has 0 unspecified atom stereocenters. The van der Waals surface area contributed by atoms with E-state index >= 15 is 0 Å². The topological polar surface area (TPSA) is 49.4 Å². The fourth-order valence-electron chi connectivity index (χ4n) is 1.87. The van der Waals surface area contributed by atoms with Gasteiger partial charge in [-0.3, -0.25) is 0 Å². The molecule has 2 rings (SSSR count). The first kappa shape index (κ1) is 16.0. The van der Waals surface area contributed by atoms with Crippen LogP contribution in [0.25, 0.3) is 0 Å². The zero-order valence-corrected chi connectivity index (χ0v) is 14.3. The van der Waals surface area contributed by atoms with E-state index in [9.17, 15) is 8.42 Å². The summed E-state index contributed by atoms with van der Waals surface area (Å²) in [5, 5.41) is 3.20. The van der Waals surface area contributed by atoms with Gasteiger partial charge in [0.1, 0.15) is 4.90 Å². The zero-order valence-electron chi connectivity index (χ0n) is 11.9.